The quantitative estimate of drug-likeness (QED) is 0.727. The lowest BCUT2D eigenvalue weighted by atomic mass is 10.0. The van der Waals surface area contributed by atoms with E-state index in [0.29, 0.717) is 13.2 Å². The first kappa shape index (κ1) is 15.0. The van der Waals surface area contributed by atoms with Gasteiger partial charge in [-0.05, 0) is 43.4 Å². The van der Waals surface area contributed by atoms with Crippen LogP contribution in [0.3, 0.4) is 0 Å². The zero-order valence-electron chi connectivity index (χ0n) is 12.3. The van der Waals surface area contributed by atoms with Crippen molar-refractivity contribution >= 4 is 10.9 Å². The largest absolute Gasteiger partial charge is 0.361 e. The fourth-order valence-electron chi connectivity index (χ4n) is 2.36. The molecule has 1 aromatic carbocycles. The molecular formula is C16H24N2O2. The minimum Gasteiger partial charge on any atom is -0.361 e. The number of aromatic amines is 1. The summed E-state index contributed by atoms with van der Waals surface area (Å²) < 4.78 is 11.1. The molecule has 0 bridgehead atoms. The maximum Gasteiger partial charge on any atom is 0.157 e. The summed E-state index contributed by atoms with van der Waals surface area (Å²) >= 11 is 0. The first-order valence-corrected chi connectivity index (χ1v) is 7.30. The maximum absolute atomic E-state index is 6.27. The van der Waals surface area contributed by atoms with Crippen molar-refractivity contribution in [3.63, 3.8) is 0 Å². The van der Waals surface area contributed by atoms with Crippen molar-refractivity contribution < 1.29 is 9.47 Å². The minimum absolute atomic E-state index is 0.00566. The highest BCUT2D eigenvalue weighted by Gasteiger charge is 2.13. The predicted molar refractivity (Wildman–Crippen MR) is 81.5 cm³/mol. The zero-order chi connectivity index (χ0) is 14.4. The molecule has 0 spiro atoms. The number of H-pyrrole nitrogens is 1. The third-order valence-corrected chi connectivity index (χ3v) is 3.43. The summed E-state index contributed by atoms with van der Waals surface area (Å²) in [5.41, 5.74) is 8.54. The van der Waals surface area contributed by atoms with Crippen molar-refractivity contribution in [3.8, 4) is 0 Å². The van der Waals surface area contributed by atoms with Crippen LogP contribution in [0.1, 0.15) is 38.3 Å². The highest BCUT2D eigenvalue weighted by atomic mass is 16.7. The Hall–Kier alpha value is -1.36. The van der Waals surface area contributed by atoms with Gasteiger partial charge in [0.1, 0.15) is 0 Å². The van der Waals surface area contributed by atoms with Crippen LogP contribution in [0.5, 0.6) is 0 Å². The molecule has 2 rings (SSSR count). The molecule has 4 nitrogen and oxygen atoms in total. The highest BCUT2D eigenvalue weighted by Crippen LogP contribution is 2.22. The third kappa shape index (κ3) is 3.82. The van der Waals surface area contributed by atoms with E-state index in [1.165, 1.54) is 5.39 Å². The van der Waals surface area contributed by atoms with Crippen LogP contribution in [-0.4, -0.2) is 24.5 Å². The van der Waals surface area contributed by atoms with E-state index < -0.39 is 0 Å². The SMILES string of the molecule is CCOC(CCC(N)c1ccc2cc[nH]c2c1)OCC. The van der Waals surface area contributed by atoms with Crippen molar-refractivity contribution in [2.75, 3.05) is 13.2 Å². The van der Waals surface area contributed by atoms with Gasteiger partial charge in [-0.2, -0.15) is 0 Å². The Morgan fingerprint density at radius 3 is 2.55 bits per heavy atom. The standard InChI is InChI=1S/C16H24N2O2/c1-3-19-16(20-4-2)8-7-14(17)13-6-5-12-9-10-18-15(12)11-13/h5-6,9-11,14,16,18H,3-4,7-8,17H2,1-2H3. The smallest absolute Gasteiger partial charge is 0.157 e. The van der Waals surface area contributed by atoms with E-state index in [2.05, 4.69) is 29.2 Å². The van der Waals surface area contributed by atoms with Crippen molar-refractivity contribution in [2.24, 2.45) is 5.73 Å². The fourth-order valence-corrected chi connectivity index (χ4v) is 2.36. The number of ether oxygens (including phenoxy) is 2. The zero-order valence-corrected chi connectivity index (χ0v) is 12.3. The molecule has 20 heavy (non-hydrogen) atoms. The van der Waals surface area contributed by atoms with E-state index >= 15 is 0 Å². The Bertz CT molecular complexity index is 518. The predicted octanol–water partition coefficient (Wildman–Crippen LogP) is 3.35. The Kier molecular flexibility index (Phi) is 5.59. The maximum atomic E-state index is 6.27. The summed E-state index contributed by atoms with van der Waals surface area (Å²) in [7, 11) is 0. The van der Waals surface area contributed by atoms with Crippen LogP contribution in [0, 0.1) is 0 Å². The first-order chi connectivity index (χ1) is 9.74. The van der Waals surface area contributed by atoms with Crippen LogP contribution >= 0.6 is 0 Å². The van der Waals surface area contributed by atoms with Gasteiger partial charge in [0.2, 0.25) is 0 Å². The summed E-state index contributed by atoms with van der Waals surface area (Å²) in [6, 6.07) is 8.38. The molecule has 1 atom stereocenters. The summed E-state index contributed by atoms with van der Waals surface area (Å²) in [6.45, 7) is 5.28. The molecule has 0 fully saturated rings. The van der Waals surface area contributed by atoms with E-state index in [9.17, 15) is 0 Å². The topological polar surface area (TPSA) is 60.3 Å². The number of benzene rings is 1. The lowest BCUT2D eigenvalue weighted by Crippen LogP contribution is -2.20. The molecule has 3 N–H and O–H groups in total. The van der Waals surface area contributed by atoms with E-state index in [1.807, 2.05) is 20.0 Å². The molecule has 0 radical (unpaired) electrons. The summed E-state index contributed by atoms with van der Waals surface area (Å²) in [5, 5.41) is 1.21. The molecule has 1 aromatic heterocycles. The Labute approximate surface area is 120 Å². The molecule has 1 heterocycles. The van der Waals surface area contributed by atoms with Crippen LogP contribution in [0.2, 0.25) is 0 Å². The second kappa shape index (κ2) is 7.43. The number of nitrogens with one attached hydrogen (secondary N) is 1. The van der Waals surface area contributed by atoms with Gasteiger partial charge in [0.15, 0.2) is 6.29 Å². The molecule has 0 aliphatic heterocycles. The molecular weight excluding hydrogens is 252 g/mol. The molecule has 2 aromatic rings. The monoisotopic (exact) mass is 276 g/mol. The van der Waals surface area contributed by atoms with Gasteiger partial charge >= 0.3 is 0 Å². The molecule has 110 valence electrons. The van der Waals surface area contributed by atoms with Gasteiger partial charge < -0.3 is 20.2 Å². The average molecular weight is 276 g/mol. The van der Waals surface area contributed by atoms with Crippen molar-refractivity contribution in [3.05, 3.63) is 36.0 Å². The second-order valence-corrected chi connectivity index (χ2v) is 4.85. The highest BCUT2D eigenvalue weighted by molar-refractivity contribution is 5.79. The van der Waals surface area contributed by atoms with Gasteiger partial charge in [-0.3, -0.25) is 0 Å². The van der Waals surface area contributed by atoms with Gasteiger partial charge in [-0.15, -0.1) is 0 Å². The van der Waals surface area contributed by atoms with Crippen molar-refractivity contribution in [1.82, 2.24) is 4.98 Å². The molecule has 0 saturated heterocycles. The Morgan fingerprint density at radius 2 is 1.85 bits per heavy atom. The van der Waals surface area contributed by atoms with Crippen LogP contribution in [0.15, 0.2) is 30.5 Å². The summed E-state index contributed by atoms with van der Waals surface area (Å²) in [6.07, 6.45) is 3.45. The third-order valence-electron chi connectivity index (χ3n) is 3.43. The van der Waals surface area contributed by atoms with E-state index in [1.54, 1.807) is 0 Å². The minimum atomic E-state index is -0.148. The van der Waals surface area contributed by atoms with Crippen molar-refractivity contribution in [2.45, 2.75) is 39.0 Å². The number of rotatable bonds is 8. The summed E-state index contributed by atoms with van der Waals surface area (Å²) in [4.78, 5) is 3.22. The van der Waals surface area contributed by atoms with E-state index in [-0.39, 0.29) is 12.3 Å². The molecule has 1 unspecified atom stereocenters. The molecule has 0 aliphatic carbocycles. The number of fused-ring (bicyclic) bond motifs is 1. The van der Waals surface area contributed by atoms with Crippen LogP contribution < -0.4 is 5.73 Å². The lowest BCUT2D eigenvalue weighted by molar-refractivity contribution is -0.140. The van der Waals surface area contributed by atoms with Gasteiger partial charge in [0.25, 0.3) is 0 Å². The average Bonchev–Trinajstić information content (AvgIpc) is 2.92. The molecule has 0 aliphatic rings. The molecule has 0 amide bonds. The second-order valence-electron chi connectivity index (χ2n) is 4.85. The van der Waals surface area contributed by atoms with E-state index in [0.717, 1.165) is 23.9 Å². The van der Waals surface area contributed by atoms with E-state index in [4.69, 9.17) is 15.2 Å². The Morgan fingerprint density at radius 1 is 1.10 bits per heavy atom. The normalized spacial score (nSPS) is 13.2. The Balaban J connectivity index is 1.94. The van der Waals surface area contributed by atoms with Gasteiger partial charge in [0.05, 0.1) is 0 Å². The van der Waals surface area contributed by atoms with Gasteiger partial charge in [-0.25, -0.2) is 0 Å². The van der Waals surface area contributed by atoms with Gasteiger partial charge in [0, 0.05) is 37.4 Å². The number of nitrogens with two attached hydrogens (primary N) is 1. The van der Waals surface area contributed by atoms with Crippen LogP contribution in [-0.2, 0) is 9.47 Å². The number of hydrogen-bond donors (Lipinski definition) is 2. The number of hydrogen-bond acceptors (Lipinski definition) is 3. The van der Waals surface area contributed by atoms with Crippen molar-refractivity contribution in [1.29, 1.82) is 0 Å². The van der Waals surface area contributed by atoms with Crippen LogP contribution in [0.25, 0.3) is 10.9 Å². The summed E-state index contributed by atoms with van der Waals surface area (Å²) in [5.74, 6) is 0. The lowest BCUT2D eigenvalue weighted by Gasteiger charge is -2.19. The fraction of sp³-hybridized carbons (Fsp3) is 0.500. The van der Waals surface area contributed by atoms with Gasteiger partial charge in [-0.1, -0.05) is 12.1 Å². The van der Waals surface area contributed by atoms with Crippen LogP contribution in [0.4, 0.5) is 0 Å². The molecule has 0 saturated carbocycles. The first-order valence-electron chi connectivity index (χ1n) is 7.30. The molecule has 4 heteroatoms. The number of aromatic nitrogens is 1.